The molecule has 0 saturated carbocycles. The molecule has 0 unspecified atom stereocenters. The van der Waals surface area contributed by atoms with Gasteiger partial charge in [-0.2, -0.15) is 0 Å². The van der Waals surface area contributed by atoms with Gasteiger partial charge in [-0.1, -0.05) is 97.9 Å². The van der Waals surface area contributed by atoms with Crippen LogP contribution in [0.1, 0.15) is 73.8 Å². The number of amides is 2. The van der Waals surface area contributed by atoms with Gasteiger partial charge in [0.2, 0.25) is 11.5 Å². The van der Waals surface area contributed by atoms with Gasteiger partial charge in [0.15, 0.2) is 0 Å². The number of rotatable bonds is 18. The lowest BCUT2D eigenvalue weighted by molar-refractivity contribution is -0.119. The summed E-state index contributed by atoms with van der Waals surface area (Å²) in [4.78, 5) is 57.3. The number of aromatic hydroxyl groups is 1. The highest BCUT2D eigenvalue weighted by atomic mass is 16.6. The number of aromatic amines is 1. The molecule has 7 rings (SSSR count). The van der Waals surface area contributed by atoms with E-state index in [1.54, 1.807) is 24.1 Å². The Kier molecular flexibility index (Phi) is 15.4. The molecular formula is C53H58N4O7. The summed E-state index contributed by atoms with van der Waals surface area (Å²) in [6, 6.07) is 39.9. The number of hydrogen-bond donors (Lipinski definition) is 4. The molecule has 5 aromatic carbocycles. The van der Waals surface area contributed by atoms with Crippen LogP contribution in [0.2, 0.25) is 0 Å². The number of phenolic OH excluding ortho intramolecular Hbond substituents is 1. The summed E-state index contributed by atoms with van der Waals surface area (Å²) in [5.41, 5.74) is 7.36. The smallest absolute Gasteiger partial charge is 0.411 e. The van der Waals surface area contributed by atoms with Crippen LogP contribution in [0.5, 0.6) is 5.75 Å². The van der Waals surface area contributed by atoms with Crippen molar-refractivity contribution in [3.63, 3.8) is 0 Å². The Morgan fingerprint density at radius 1 is 0.812 bits per heavy atom. The van der Waals surface area contributed by atoms with E-state index < -0.39 is 12.2 Å². The maximum Gasteiger partial charge on any atom is 0.411 e. The minimum absolute atomic E-state index is 0.0249. The maximum absolute atomic E-state index is 13.2. The second-order valence-corrected chi connectivity index (χ2v) is 17.1. The Hall–Kier alpha value is -6.56. The molecule has 1 aliphatic rings. The fourth-order valence-electron chi connectivity index (χ4n) is 8.50. The summed E-state index contributed by atoms with van der Waals surface area (Å²) >= 11 is 0. The molecule has 1 fully saturated rings. The first-order valence-electron chi connectivity index (χ1n) is 22.3. The zero-order valence-corrected chi connectivity index (χ0v) is 36.7. The van der Waals surface area contributed by atoms with E-state index in [-0.39, 0.29) is 29.1 Å². The Bertz CT molecular complexity index is 2570. The third-order valence-corrected chi connectivity index (χ3v) is 12.3. The number of anilines is 2. The SMILES string of the molecule is C[C@H](CC[C@H](O)c1ccc(O)c2[nH]c(=O)ccc12)Cc1ccc(CC(=O)CCc2ccc(N(C)C(=O)CCN3CCC(OC(=O)Nc4ccccc4-c4ccccc4)CC3)cc2)cc1. The van der Waals surface area contributed by atoms with Gasteiger partial charge in [-0.3, -0.25) is 19.7 Å². The molecule has 4 N–H and O–H groups in total. The topological polar surface area (TPSA) is 152 Å². The quantitative estimate of drug-likeness (QED) is 0.0667. The van der Waals surface area contributed by atoms with E-state index in [4.69, 9.17) is 4.74 Å². The molecule has 2 amide bonds. The van der Waals surface area contributed by atoms with Crippen molar-refractivity contribution in [2.45, 2.75) is 76.9 Å². The lowest BCUT2D eigenvalue weighted by atomic mass is 9.92. The molecule has 0 radical (unpaired) electrons. The van der Waals surface area contributed by atoms with E-state index >= 15 is 0 Å². The van der Waals surface area contributed by atoms with Crippen molar-refractivity contribution < 1.29 is 29.3 Å². The summed E-state index contributed by atoms with van der Waals surface area (Å²) in [5.74, 6) is 0.476. The van der Waals surface area contributed by atoms with Gasteiger partial charge in [0.25, 0.3) is 0 Å². The number of carbonyl (C=O) groups excluding carboxylic acids is 3. The van der Waals surface area contributed by atoms with Gasteiger partial charge in [0.05, 0.1) is 17.3 Å². The van der Waals surface area contributed by atoms with Crippen molar-refractivity contribution >= 4 is 40.1 Å². The van der Waals surface area contributed by atoms with Gasteiger partial charge in [-0.15, -0.1) is 0 Å². The highest BCUT2D eigenvalue weighted by Crippen LogP contribution is 2.32. The first-order chi connectivity index (χ1) is 31.0. The Morgan fingerprint density at radius 2 is 1.50 bits per heavy atom. The van der Waals surface area contributed by atoms with Crippen molar-refractivity contribution in [1.29, 1.82) is 0 Å². The number of ketones is 1. The molecule has 2 heterocycles. The number of likely N-dealkylation sites (tertiary alicyclic amines) is 1. The van der Waals surface area contributed by atoms with E-state index in [2.05, 4.69) is 34.3 Å². The molecule has 1 aromatic heterocycles. The standard InChI is InChI=1S/C53H58N4O7/c1-36(12-25-48(59)45-23-26-49(60)52-46(45)24-27-50(61)55-52)34-38-13-15-39(16-14-38)35-42(58)22-19-37-17-20-41(21-18-37)56(2)51(62)30-33-57-31-28-43(29-32-57)64-53(63)54-47-11-7-6-10-44(47)40-8-4-3-5-9-40/h3-11,13-18,20-21,23-24,26-27,36,43,48,59-60H,12,19,22,25,28-35H2,1-2H3,(H,54,63)(H,55,61)/t36-,48+/m1/s1. The summed E-state index contributed by atoms with van der Waals surface area (Å²) < 4.78 is 5.78. The number of fused-ring (bicyclic) bond motifs is 1. The summed E-state index contributed by atoms with van der Waals surface area (Å²) in [6.07, 6.45) is 4.00. The van der Waals surface area contributed by atoms with E-state index in [1.807, 2.05) is 91.0 Å². The van der Waals surface area contributed by atoms with Crippen molar-refractivity contribution in [1.82, 2.24) is 9.88 Å². The summed E-state index contributed by atoms with van der Waals surface area (Å²) in [6.45, 7) is 4.28. The minimum Gasteiger partial charge on any atom is -0.506 e. The number of benzene rings is 5. The van der Waals surface area contributed by atoms with E-state index in [1.165, 1.54) is 17.7 Å². The monoisotopic (exact) mass is 862 g/mol. The predicted molar refractivity (Wildman–Crippen MR) is 253 cm³/mol. The van der Waals surface area contributed by atoms with Gasteiger partial charge >= 0.3 is 6.09 Å². The van der Waals surface area contributed by atoms with Gasteiger partial charge in [0, 0.05) is 68.6 Å². The molecule has 332 valence electrons. The number of aliphatic hydroxyl groups excluding tert-OH is 1. The zero-order chi connectivity index (χ0) is 45.0. The van der Waals surface area contributed by atoms with Crippen molar-refractivity contribution in [3.05, 3.63) is 160 Å². The average molecular weight is 863 g/mol. The number of carbonyl (C=O) groups is 3. The number of aliphatic hydroxyl groups is 1. The average Bonchev–Trinajstić information content (AvgIpc) is 3.31. The zero-order valence-electron chi connectivity index (χ0n) is 36.7. The van der Waals surface area contributed by atoms with Crippen LogP contribution in [0, 0.1) is 5.92 Å². The summed E-state index contributed by atoms with van der Waals surface area (Å²) in [5, 5.41) is 24.7. The number of aryl methyl sites for hydroxylation is 1. The number of Topliss-reactive ketones (excluding diaryl/α,β-unsaturated/α-hetero) is 1. The number of hydrogen-bond acceptors (Lipinski definition) is 8. The predicted octanol–water partition coefficient (Wildman–Crippen LogP) is 9.40. The maximum atomic E-state index is 13.2. The van der Waals surface area contributed by atoms with Crippen LogP contribution < -0.4 is 15.8 Å². The highest BCUT2D eigenvalue weighted by Gasteiger charge is 2.24. The van der Waals surface area contributed by atoms with Gasteiger partial charge in [-0.05, 0) is 103 Å². The molecule has 0 aliphatic carbocycles. The molecule has 0 bridgehead atoms. The van der Waals surface area contributed by atoms with Crippen LogP contribution in [0.25, 0.3) is 22.0 Å². The number of H-pyrrole nitrogens is 1. The largest absolute Gasteiger partial charge is 0.506 e. The number of para-hydroxylation sites is 1. The first-order valence-corrected chi connectivity index (χ1v) is 22.3. The Balaban J connectivity index is 0.775. The van der Waals surface area contributed by atoms with Crippen LogP contribution in [0.3, 0.4) is 0 Å². The number of nitrogens with one attached hydrogen (secondary N) is 2. The fraction of sp³-hybridized carbons (Fsp3) is 0.321. The van der Waals surface area contributed by atoms with E-state index in [0.717, 1.165) is 53.9 Å². The van der Waals surface area contributed by atoms with Gasteiger partial charge < -0.3 is 29.7 Å². The number of phenols is 1. The lowest BCUT2D eigenvalue weighted by Crippen LogP contribution is -2.40. The number of piperidine rings is 1. The van der Waals surface area contributed by atoms with Crippen LogP contribution >= 0.6 is 0 Å². The lowest BCUT2D eigenvalue weighted by Gasteiger charge is -2.31. The second-order valence-electron chi connectivity index (χ2n) is 17.1. The second kappa shape index (κ2) is 21.7. The summed E-state index contributed by atoms with van der Waals surface area (Å²) in [7, 11) is 1.79. The Morgan fingerprint density at radius 3 is 2.25 bits per heavy atom. The molecule has 64 heavy (non-hydrogen) atoms. The van der Waals surface area contributed by atoms with Gasteiger partial charge in [0.1, 0.15) is 17.6 Å². The molecule has 1 aliphatic heterocycles. The number of pyridine rings is 1. The minimum atomic E-state index is -0.730. The molecule has 0 spiro atoms. The normalized spacial score (nSPS) is 14.2. The Labute approximate surface area is 374 Å². The third kappa shape index (κ3) is 12.3. The molecule has 11 nitrogen and oxygen atoms in total. The third-order valence-electron chi connectivity index (χ3n) is 12.3. The van der Waals surface area contributed by atoms with E-state index in [0.29, 0.717) is 79.6 Å². The first kappa shape index (κ1) is 45.5. The van der Waals surface area contributed by atoms with Crippen LogP contribution in [-0.2, 0) is 33.6 Å². The molecule has 2 atom stereocenters. The van der Waals surface area contributed by atoms with E-state index in [9.17, 15) is 29.4 Å². The van der Waals surface area contributed by atoms with Crippen molar-refractivity contribution in [2.75, 3.05) is 36.9 Å². The number of nitrogens with zero attached hydrogens (tertiary/aromatic N) is 2. The van der Waals surface area contributed by atoms with Crippen molar-refractivity contribution in [3.8, 4) is 16.9 Å². The number of ether oxygens (including phenoxy) is 1. The van der Waals surface area contributed by atoms with Crippen molar-refractivity contribution in [2.24, 2.45) is 5.92 Å². The molecule has 11 heteroatoms. The van der Waals surface area contributed by atoms with Crippen LogP contribution in [0.15, 0.2) is 132 Å². The molecule has 1 saturated heterocycles. The molecular weight excluding hydrogens is 805 g/mol. The number of aromatic nitrogens is 1. The highest BCUT2D eigenvalue weighted by molar-refractivity contribution is 5.93. The van der Waals surface area contributed by atoms with Crippen LogP contribution in [0.4, 0.5) is 16.2 Å². The fourth-order valence-corrected chi connectivity index (χ4v) is 8.50. The van der Waals surface area contributed by atoms with Gasteiger partial charge in [-0.25, -0.2) is 4.79 Å². The van der Waals surface area contributed by atoms with Crippen LogP contribution in [-0.4, -0.2) is 70.7 Å². The molecule has 6 aromatic rings.